The number of para-hydroxylation sites is 1. The number of halogens is 1. The van der Waals surface area contributed by atoms with Gasteiger partial charge in [-0.2, -0.15) is 0 Å². The van der Waals surface area contributed by atoms with Gasteiger partial charge in [-0.15, -0.1) is 0 Å². The van der Waals surface area contributed by atoms with Gasteiger partial charge < -0.3 is 14.2 Å². The zero-order chi connectivity index (χ0) is 32.5. The van der Waals surface area contributed by atoms with Gasteiger partial charge in [0.15, 0.2) is 4.80 Å². The molecule has 46 heavy (non-hydrogen) atoms. The van der Waals surface area contributed by atoms with Crippen molar-refractivity contribution in [3.63, 3.8) is 0 Å². The van der Waals surface area contributed by atoms with Crippen LogP contribution in [0.4, 0.5) is 0 Å². The summed E-state index contributed by atoms with van der Waals surface area (Å²) in [4.78, 5) is 32.2. The number of rotatable bonds is 14. The van der Waals surface area contributed by atoms with E-state index < -0.39 is 12.0 Å². The third-order valence-corrected chi connectivity index (χ3v) is 9.00. The quantitative estimate of drug-likeness (QED) is 0.107. The minimum absolute atomic E-state index is 0.209. The van der Waals surface area contributed by atoms with Crippen molar-refractivity contribution in [1.82, 2.24) is 4.57 Å². The van der Waals surface area contributed by atoms with Crippen molar-refractivity contribution < 1.29 is 19.0 Å². The van der Waals surface area contributed by atoms with Crippen LogP contribution < -0.4 is 24.4 Å². The molecular formula is C37H39ClN2O5S. The van der Waals surface area contributed by atoms with Crippen LogP contribution >= 0.6 is 22.9 Å². The summed E-state index contributed by atoms with van der Waals surface area (Å²) in [5.74, 6) is 0.942. The summed E-state index contributed by atoms with van der Waals surface area (Å²) in [5.41, 5.74) is 3.39. The second-order valence-electron chi connectivity index (χ2n) is 11.0. The lowest BCUT2D eigenvalue weighted by atomic mass is 9.96. The molecule has 0 amide bonds. The lowest BCUT2D eigenvalue weighted by Gasteiger charge is -2.24. The lowest BCUT2D eigenvalue weighted by molar-refractivity contribution is -0.139. The van der Waals surface area contributed by atoms with Crippen LogP contribution in [0.1, 0.15) is 69.2 Å². The maximum absolute atomic E-state index is 14.0. The number of ether oxygens (including phenoxy) is 3. The molecule has 1 aliphatic heterocycles. The normalized spacial score (nSPS) is 14.5. The number of carbonyl (C=O) groups excluding carboxylic acids is 1. The van der Waals surface area contributed by atoms with Crippen molar-refractivity contribution in [2.24, 2.45) is 4.99 Å². The van der Waals surface area contributed by atoms with Crippen LogP contribution in [0.5, 0.6) is 11.5 Å². The van der Waals surface area contributed by atoms with Gasteiger partial charge in [0.05, 0.1) is 28.5 Å². The van der Waals surface area contributed by atoms with E-state index in [1.807, 2.05) is 54.6 Å². The highest BCUT2D eigenvalue weighted by Gasteiger charge is 2.33. The van der Waals surface area contributed by atoms with Crippen LogP contribution in [0, 0.1) is 0 Å². The van der Waals surface area contributed by atoms with Gasteiger partial charge in [-0.3, -0.25) is 9.36 Å². The Morgan fingerprint density at radius 3 is 2.43 bits per heavy atom. The molecule has 7 nitrogen and oxygen atoms in total. The number of fused-ring (bicyclic) bond motifs is 1. The average molecular weight is 659 g/mol. The summed E-state index contributed by atoms with van der Waals surface area (Å²) in [7, 11) is 0. The second-order valence-corrected chi connectivity index (χ2v) is 12.5. The van der Waals surface area contributed by atoms with Crippen LogP contribution in [-0.2, 0) is 16.0 Å². The summed E-state index contributed by atoms with van der Waals surface area (Å²) in [6.45, 7) is 6.66. The Morgan fingerprint density at radius 1 is 0.957 bits per heavy atom. The molecule has 0 saturated heterocycles. The van der Waals surface area contributed by atoms with E-state index >= 15 is 0 Å². The van der Waals surface area contributed by atoms with Crippen LogP contribution in [-0.4, -0.2) is 30.4 Å². The fraction of sp³-hybridized carbons (Fsp3) is 0.324. The van der Waals surface area contributed by atoms with Crippen molar-refractivity contribution in [2.75, 3.05) is 19.8 Å². The fourth-order valence-electron chi connectivity index (χ4n) is 5.44. The largest absolute Gasteiger partial charge is 0.490 e. The number of aromatic nitrogens is 1. The number of benzene rings is 3. The van der Waals surface area contributed by atoms with Crippen LogP contribution in [0.3, 0.4) is 0 Å². The van der Waals surface area contributed by atoms with Crippen LogP contribution in [0.15, 0.2) is 93.9 Å². The smallest absolute Gasteiger partial charge is 0.338 e. The topological polar surface area (TPSA) is 79.1 Å². The number of aryl methyl sites for hydroxylation is 1. The van der Waals surface area contributed by atoms with Gasteiger partial charge in [0, 0.05) is 10.6 Å². The molecule has 1 aliphatic rings. The molecule has 9 heteroatoms. The first-order valence-corrected chi connectivity index (χ1v) is 17.0. The number of thiazole rings is 1. The molecule has 3 aromatic carbocycles. The van der Waals surface area contributed by atoms with E-state index in [1.54, 1.807) is 30.5 Å². The Labute approximate surface area is 278 Å². The molecule has 0 radical (unpaired) electrons. The third-order valence-electron chi connectivity index (χ3n) is 7.76. The fourth-order valence-corrected chi connectivity index (χ4v) is 6.61. The Bertz CT molecular complexity index is 1860. The number of allylic oxidation sites excluding steroid dienone is 1. The van der Waals surface area contributed by atoms with Crippen molar-refractivity contribution in [2.45, 2.75) is 58.9 Å². The number of unbranched alkanes of at least 4 members (excludes halogenated alkanes) is 3. The van der Waals surface area contributed by atoms with Gasteiger partial charge in [0.25, 0.3) is 5.56 Å². The Balaban J connectivity index is 1.34. The Hall–Kier alpha value is -4.14. The first-order valence-electron chi connectivity index (χ1n) is 15.8. The molecule has 0 unspecified atom stereocenters. The first kappa shape index (κ1) is 33.2. The predicted molar refractivity (Wildman–Crippen MR) is 184 cm³/mol. The molecule has 2 heterocycles. The zero-order valence-electron chi connectivity index (χ0n) is 26.5. The number of carbonyl (C=O) groups is 1. The van der Waals surface area contributed by atoms with Gasteiger partial charge in [-0.05, 0) is 74.2 Å². The highest BCUT2D eigenvalue weighted by molar-refractivity contribution is 7.07. The molecule has 0 N–H and O–H groups in total. The Morgan fingerprint density at radius 2 is 1.70 bits per heavy atom. The van der Waals surface area contributed by atoms with E-state index in [0.717, 1.165) is 23.3 Å². The summed E-state index contributed by atoms with van der Waals surface area (Å²) in [6.07, 6.45) is 7.89. The van der Waals surface area contributed by atoms with E-state index in [-0.39, 0.29) is 12.2 Å². The monoisotopic (exact) mass is 658 g/mol. The number of hydrogen-bond acceptors (Lipinski definition) is 7. The molecule has 0 spiro atoms. The van der Waals surface area contributed by atoms with Crippen molar-refractivity contribution in [3.05, 3.63) is 125 Å². The number of esters is 1. The van der Waals surface area contributed by atoms with E-state index in [9.17, 15) is 9.59 Å². The van der Waals surface area contributed by atoms with E-state index in [0.29, 0.717) is 44.6 Å². The minimum atomic E-state index is -0.700. The molecule has 240 valence electrons. The molecule has 0 saturated carbocycles. The van der Waals surface area contributed by atoms with Crippen molar-refractivity contribution >= 4 is 35.0 Å². The van der Waals surface area contributed by atoms with Crippen molar-refractivity contribution in [3.8, 4) is 11.5 Å². The number of nitrogens with zero attached hydrogens (tertiary/aromatic N) is 2. The maximum atomic E-state index is 14.0. The van der Waals surface area contributed by atoms with Crippen LogP contribution in [0.2, 0.25) is 5.02 Å². The standard InChI is InChI=1S/C37H39ClN2O5S/c1-4-6-7-8-11-26-14-20-30(21-15-26)44-22-23-45-31-13-10-9-12-28(31)24-32-35(41)40-34(27-16-18-29(38)19-17-27)33(36(42)43-5-2)25(3)39-37(40)46-32/h9-10,12-21,24,34H,4-8,11,22-23H2,1-3H3/b32-24+/t34-/m1/s1. The maximum Gasteiger partial charge on any atom is 0.338 e. The van der Waals surface area contributed by atoms with E-state index in [1.165, 1.54) is 42.6 Å². The van der Waals surface area contributed by atoms with Gasteiger partial charge in [-0.1, -0.05) is 91.6 Å². The molecule has 5 rings (SSSR count). The first-order chi connectivity index (χ1) is 22.4. The summed E-state index contributed by atoms with van der Waals surface area (Å²) >= 11 is 7.43. The minimum Gasteiger partial charge on any atom is -0.490 e. The SMILES string of the molecule is CCCCCCc1ccc(OCCOc2ccccc2/C=c2/sc3n(c2=O)[C@H](c2ccc(Cl)cc2)C(C(=O)OCC)=C(C)N=3)cc1. The Kier molecular flexibility index (Phi) is 11.5. The second kappa shape index (κ2) is 15.9. The lowest BCUT2D eigenvalue weighted by Crippen LogP contribution is -2.39. The summed E-state index contributed by atoms with van der Waals surface area (Å²) in [5, 5.41) is 0.558. The number of hydrogen-bond donors (Lipinski definition) is 0. The third kappa shape index (κ3) is 7.98. The van der Waals surface area contributed by atoms with E-state index in [2.05, 4.69) is 24.0 Å². The molecule has 0 fully saturated rings. The summed E-state index contributed by atoms with van der Waals surface area (Å²) < 4.78 is 19.4. The molecule has 1 atom stereocenters. The van der Waals surface area contributed by atoms with Crippen molar-refractivity contribution in [1.29, 1.82) is 0 Å². The van der Waals surface area contributed by atoms with Gasteiger partial charge >= 0.3 is 5.97 Å². The highest BCUT2D eigenvalue weighted by atomic mass is 35.5. The van der Waals surface area contributed by atoms with Gasteiger partial charge in [0.1, 0.15) is 24.7 Å². The molecule has 0 bridgehead atoms. The van der Waals surface area contributed by atoms with Crippen LogP contribution in [0.25, 0.3) is 6.08 Å². The molecule has 0 aliphatic carbocycles. The predicted octanol–water partition coefficient (Wildman–Crippen LogP) is 7.03. The van der Waals surface area contributed by atoms with Gasteiger partial charge in [0.2, 0.25) is 0 Å². The molecule has 4 aromatic rings. The molecule has 1 aromatic heterocycles. The molecular weight excluding hydrogens is 620 g/mol. The zero-order valence-corrected chi connectivity index (χ0v) is 28.0. The van der Waals surface area contributed by atoms with Gasteiger partial charge in [-0.25, -0.2) is 9.79 Å². The summed E-state index contributed by atoms with van der Waals surface area (Å²) in [6, 6.07) is 22.3. The highest BCUT2D eigenvalue weighted by Crippen LogP contribution is 2.31. The van der Waals surface area contributed by atoms with E-state index in [4.69, 9.17) is 25.8 Å². The average Bonchev–Trinajstić information content (AvgIpc) is 3.36.